The molecule has 3 aromatic carbocycles. The summed E-state index contributed by atoms with van der Waals surface area (Å²) in [6.45, 7) is 4.95. The summed E-state index contributed by atoms with van der Waals surface area (Å²) < 4.78 is 18.3. The van der Waals surface area contributed by atoms with Crippen LogP contribution in [0.1, 0.15) is 73.6 Å². The first kappa shape index (κ1) is 25.7. The highest BCUT2D eigenvalue weighted by Crippen LogP contribution is 2.51. The standard InChI is InChI=1S/C30H32Cl2N2O3/c1-4-5-6-7-14-36-27-13-12-21(15-28(27)35-3)30-34-26(23-16-22(31)17-24(32)29(23)37-30)18-25(33-34)20-10-8-19(2)9-11-20/h8-13,15-17,26,30H,4-7,14,18H2,1-3H3/t26-,30-/m0/s1. The lowest BCUT2D eigenvalue weighted by atomic mass is 9.95. The summed E-state index contributed by atoms with van der Waals surface area (Å²) in [7, 11) is 1.66. The number of fused-ring (bicyclic) bond motifs is 3. The van der Waals surface area contributed by atoms with E-state index in [-0.39, 0.29) is 6.04 Å². The zero-order valence-corrected chi connectivity index (χ0v) is 23.0. The fraction of sp³-hybridized carbons (Fsp3) is 0.367. The Morgan fingerprint density at radius 1 is 1.00 bits per heavy atom. The van der Waals surface area contributed by atoms with Gasteiger partial charge in [-0.1, -0.05) is 79.2 Å². The highest BCUT2D eigenvalue weighted by molar-refractivity contribution is 6.35. The van der Waals surface area contributed by atoms with Crippen molar-refractivity contribution in [3.05, 3.63) is 86.9 Å². The average molecular weight is 540 g/mol. The minimum absolute atomic E-state index is 0.0539. The molecule has 0 aliphatic carbocycles. The van der Waals surface area contributed by atoms with Crippen molar-refractivity contribution in [3.8, 4) is 17.2 Å². The van der Waals surface area contributed by atoms with E-state index >= 15 is 0 Å². The average Bonchev–Trinajstić information content (AvgIpc) is 3.34. The van der Waals surface area contributed by atoms with Gasteiger partial charge >= 0.3 is 0 Å². The Bertz CT molecular complexity index is 1290. The van der Waals surface area contributed by atoms with Crippen LogP contribution in [0, 0.1) is 6.92 Å². The van der Waals surface area contributed by atoms with Gasteiger partial charge < -0.3 is 14.2 Å². The molecule has 0 unspecified atom stereocenters. The summed E-state index contributed by atoms with van der Waals surface area (Å²) in [6, 6.07) is 18.0. The van der Waals surface area contributed by atoms with Crippen LogP contribution in [0.15, 0.2) is 59.7 Å². The molecule has 0 saturated carbocycles. The molecule has 0 fully saturated rings. The van der Waals surface area contributed by atoms with Crippen LogP contribution in [0.3, 0.4) is 0 Å². The Labute approximate surface area is 228 Å². The highest BCUT2D eigenvalue weighted by Gasteiger charge is 2.42. The molecule has 5 rings (SSSR count). The monoisotopic (exact) mass is 538 g/mol. The molecule has 37 heavy (non-hydrogen) atoms. The number of methoxy groups -OCH3 is 1. The van der Waals surface area contributed by atoms with Crippen molar-refractivity contribution < 1.29 is 14.2 Å². The third-order valence-corrected chi connectivity index (χ3v) is 7.42. The van der Waals surface area contributed by atoms with Gasteiger partial charge in [-0.3, -0.25) is 0 Å². The van der Waals surface area contributed by atoms with Gasteiger partial charge in [0.15, 0.2) is 11.5 Å². The van der Waals surface area contributed by atoms with Crippen LogP contribution in [0.2, 0.25) is 10.0 Å². The zero-order chi connectivity index (χ0) is 25.9. The number of nitrogens with zero attached hydrogens (tertiary/aromatic N) is 2. The Balaban J connectivity index is 1.48. The quantitative estimate of drug-likeness (QED) is 0.256. The van der Waals surface area contributed by atoms with Crippen LogP contribution < -0.4 is 14.2 Å². The van der Waals surface area contributed by atoms with Gasteiger partial charge in [0.2, 0.25) is 6.23 Å². The maximum atomic E-state index is 6.63. The van der Waals surface area contributed by atoms with Crippen LogP contribution in [0.25, 0.3) is 0 Å². The van der Waals surface area contributed by atoms with E-state index in [9.17, 15) is 0 Å². The molecule has 0 saturated heterocycles. The van der Waals surface area contributed by atoms with E-state index in [2.05, 4.69) is 38.1 Å². The molecule has 5 nitrogen and oxygen atoms in total. The fourth-order valence-corrected chi connectivity index (χ4v) is 5.48. The molecule has 194 valence electrons. The molecule has 2 heterocycles. The minimum Gasteiger partial charge on any atom is -0.493 e. The van der Waals surface area contributed by atoms with Gasteiger partial charge in [-0.05, 0) is 49.2 Å². The second-order valence-electron chi connectivity index (χ2n) is 9.61. The first-order chi connectivity index (χ1) is 18.0. The molecule has 3 aromatic rings. The van der Waals surface area contributed by atoms with Gasteiger partial charge in [0, 0.05) is 22.6 Å². The number of hydrogen-bond acceptors (Lipinski definition) is 5. The number of benzene rings is 3. The molecule has 0 N–H and O–H groups in total. The third kappa shape index (κ3) is 5.39. The van der Waals surface area contributed by atoms with Crippen LogP contribution in [0.4, 0.5) is 0 Å². The lowest BCUT2D eigenvalue weighted by Crippen LogP contribution is -2.33. The molecule has 0 radical (unpaired) electrons. The smallest absolute Gasteiger partial charge is 0.214 e. The molecule has 0 aromatic heterocycles. The molecular weight excluding hydrogens is 507 g/mol. The Morgan fingerprint density at radius 2 is 1.81 bits per heavy atom. The van der Waals surface area contributed by atoms with E-state index < -0.39 is 6.23 Å². The predicted octanol–water partition coefficient (Wildman–Crippen LogP) is 8.51. The lowest BCUT2D eigenvalue weighted by Gasteiger charge is -2.38. The fourth-order valence-electron chi connectivity index (χ4n) is 4.92. The topological polar surface area (TPSA) is 43.3 Å². The largest absolute Gasteiger partial charge is 0.493 e. The molecule has 0 amide bonds. The second-order valence-corrected chi connectivity index (χ2v) is 10.5. The van der Waals surface area contributed by atoms with Gasteiger partial charge in [0.25, 0.3) is 0 Å². The summed E-state index contributed by atoms with van der Waals surface area (Å²) in [5, 5.41) is 8.14. The van der Waals surface area contributed by atoms with Crippen molar-refractivity contribution in [2.24, 2.45) is 5.10 Å². The lowest BCUT2D eigenvalue weighted by molar-refractivity contribution is -0.0190. The molecule has 2 atom stereocenters. The number of hydrazone groups is 1. The third-order valence-electron chi connectivity index (χ3n) is 6.92. The highest BCUT2D eigenvalue weighted by atomic mass is 35.5. The predicted molar refractivity (Wildman–Crippen MR) is 149 cm³/mol. The molecule has 2 aliphatic heterocycles. The van der Waals surface area contributed by atoms with Crippen molar-refractivity contribution in [2.45, 2.75) is 58.2 Å². The maximum absolute atomic E-state index is 6.63. The normalized spacial score (nSPS) is 18.1. The summed E-state index contributed by atoms with van der Waals surface area (Å²) in [6.07, 6.45) is 4.85. The number of rotatable bonds is 9. The molecule has 2 aliphatic rings. The second kappa shape index (κ2) is 11.2. The maximum Gasteiger partial charge on any atom is 0.214 e. The van der Waals surface area contributed by atoms with E-state index in [4.69, 9.17) is 42.5 Å². The van der Waals surface area contributed by atoms with Gasteiger partial charge in [-0.15, -0.1) is 0 Å². The van der Waals surface area contributed by atoms with E-state index in [1.807, 2.05) is 29.3 Å². The van der Waals surface area contributed by atoms with Crippen molar-refractivity contribution in [1.82, 2.24) is 5.01 Å². The van der Waals surface area contributed by atoms with Gasteiger partial charge in [0.05, 0.1) is 30.5 Å². The van der Waals surface area contributed by atoms with Crippen LogP contribution in [0.5, 0.6) is 17.2 Å². The molecule has 0 bridgehead atoms. The van der Waals surface area contributed by atoms with E-state index in [1.54, 1.807) is 13.2 Å². The van der Waals surface area contributed by atoms with Crippen molar-refractivity contribution in [2.75, 3.05) is 13.7 Å². The van der Waals surface area contributed by atoms with E-state index in [0.29, 0.717) is 28.2 Å². The first-order valence-corrected chi connectivity index (χ1v) is 13.6. The summed E-state index contributed by atoms with van der Waals surface area (Å²) in [5.41, 5.74) is 5.16. The van der Waals surface area contributed by atoms with E-state index in [1.165, 1.54) is 18.4 Å². The van der Waals surface area contributed by atoms with Crippen molar-refractivity contribution in [1.29, 1.82) is 0 Å². The summed E-state index contributed by atoms with van der Waals surface area (Å²) in [4.78, 5) is 0. The number of halogens is 2. The Hall–Kier alpha value is -2.89. The van der Waals surface area contributed by atoms with Gasteiger partial charge in [-0.2, -0.15) is 5.10 Å². The van der Waals surface area contributed by atoms with Crippen molar-refractivity contribution >= 4 is 28.9 Å². The van der Waals surface area contributed by atoms with Crippen LogP contribution in [-0.2, 0) is 0 Å². The Morgan fingerprint density at radius 3 is 2.57 bits per heavy atom. The molecule has 0 spiro atoms. The number of unbranched alkanes of at least 4 members (excludes halogenated alkanes) is 3. The van der Waals surface area contributed by atoms with Gasteiger partial charge in [-0.25, -0.2) is 5.01 Å². The Kier molecular flexibility index (Phi) is 7.82. The van der Waals surface area contributed by atoms with Crippen LogP contribution in [-0.4, -0.2) is 24.4 Å². The SMILES string of the molecule is CCCCCCOc1ccc([C@@H]2Oc3c(Cl)cc(Cl)cc3[C@@H]3CC(c4ccc(C)cc4)=NN32)cc1OC. The van der Waals surface area contributed by atoms with Gasteiger partial charge in [0.1, 0.15) is 5.75 Å². The molecule has 7 heteroatoms. The van der Waals surface area contributed by atoms with Crippen LogP contribution >= 0.6 is 23.2 Å². The summed E-state index contributed by atoms with van der Waals surface area (Å²) in [5.74, 6) is 2.04. The number of ether oxygens (including phenoxy) is 3. The minimum atomic E-state index is -0.480. The molecular formula is C30H32Cl2N2O3. The summed E-state index contributed by atoms with van der Waals surface area (Å²) >= 11 is 13.0. The van der Waals surface area contributed by atoms with E-state index in [0.717, 1.165) is 47.4 Å². The first-order valence-electron chi connectivity index (χ1n) is 12.9. The zero-order valence-electron chi connectivity index (χ0n) is 21.5. The van der Waals surface area contributed by atoms with Crippen molar-refractivity contribution in [3.63, 3.8) is 0 Å². The number of hydrogen-bond donors (Lipinski definition) is 0. The number of aryl methyl sites for hydroxylation is 1.